The number of benzene rings is 1. The van der Waals surface area contributed by atoms with Crippen LogP contribution < -0.4 is 5.32 Å². The lowest BCUT2D eigenvalue weighted by Crippen LogP contribution is -2.28. The van der Waals surface area contributed by atoms with Crippen molar-refractivity contribution >= 4 is 17.5 Å². The summed E-state index contributed by atoms with van der Waals surface area (Å²) in [5.41, 5.74) is 1.55. The number of carbonyl (C=O) groups excluding carboxylic acids is 2. The first kappa shape index (κ1) is 14.4. The van der Waals surface area contributed by atoms with Crippen LogP contribution in [0.5, 0.6) is 0 Å². The van der Waals surface area contributed by atoms with Crippen LogP contribution in [-0.4, -0.2) is 55.3 Å². The molecule has 0 atom stereocenters. The molecule has 1 aliphatic heterocycles. The highest BCUT2D eigenvalue weighted by molar-refractivity contribution is 5.94. The van der Waals surface area contributed by atoms with E-state index in [0.29, 0.717) is 5.56 Å². The number of amides is 2. The van der Waals surface area contributed by atoms with Crippen molar-refractivity contribution in [2.45, 2.75) is 12.8 Å². The fourth-order valence-electron chi connectivity index (χ4n) is 2.17. The van der Waals surface area contributed by atoms with E-state index in [0.717, 1.165) is 31.6 Å². The third-order valence-electron chi connectivity index (χ3n) is 3.47. The largest absolute Gasteiger partial charge is 0.376 e. The summed E-state index contributed by atoms with van der Waals surface area (Å²) in [6, 6.07) is 7.30. The first-order valence-electron chi connectivity index (χ1n) is 6.91. The van der Waals surface area contributed by atoms with Gasteiger partial charge in [-0.25, -0.2) is 0 Å². The van der Waals surface area contributed by atoms with Crippen molar-refractivity contribution < 1.29 is 9.59 Å². The fourth-order valence-corrected chi connectivity index (χ4v) is 2.17. The van der Waals surface area contributed by atoms with Crippen LogP contribution in [0.2, 0.25) is 0 Å². The Kier molecular flexibility index (Phi) is 4.61. The topological polar surface area (TPSA) is 52.7 Å². The molecule has 0 bridgehead atoms. The molecule has 1 fully saturated rings. The van der Waals surface area contributed by atoms with Crippen LogP contribution >= 0.6 is 0 Å². The van der Waals surface area contributed by atoms with E-state index < -0.39 is 0 Å². The number of hydrogen-bond acceptors (Lipinski definition) is 3. The molecular weight excluding hydrogens is 254 g/mol. The first-order chi connectivity index (χ1) is 9.58. The maximum Gasteiger partial charge on any atom is 0.253 e. The van der Waals surface area contributed by atoms with Crippen molar-refractivity contribution in [3.8, 4) is 0 Å². The summed E-state index contributed by atoms with van der Waals surface area (Å²) in [6.07, 6.45) is 2.19. The summed E-state index contributed by atoms with van der Waals surface area (Å²) < 4.78 is 0. The molecule has 5 heteroatoms. The van der Waals surface area contributed by atoms with Crippen LogP contribution in [0.4, 0.5) is 5.69 Å². The van der Waals surface area contributed by atoms with Gasteiger partial charge >= 0.3 is 0 Å². The molecule has 1 aromatic rings. The van der Waals surface area contributed by atoms with E-state index in [-0.39, 0.29) is 18.4 Å². The number of anilines is 1. The predicted octanol–water partition coefficient (Wildman–Crippen LogP) is 1.42. The molecule has 0 aromatic heterocycles. The highest BCUT2D eigenvalue weighted by Crippen LogP contribution is 2.15. The zero-order valence-electron chi connectivity index (χ0n) is 12.1. The van der Waals surface area contributed by atoms with Crippen LogP contribution in [0, 0.1) is 0 Å². The van der Waals surface area contributed by atoms with Gasteiger partial charge in [-0.1, -0.05) is 0 Å². The van der Waals surface area contributed by atoms with Gasteiger partial charge in [0, 0.05) is 38.4 Å². The van der Waals surface area contributed by atoms with E-state index >= 15 is 0 Å². The summed E-state index contributed by atoms with van der Waals surface area (Å²) in [7, 11) is 3.45. The molecule has 5 nitrogen and oxygen atoms in total. The van der Waals surface area contributed by atoms with Crippen molar-refractivity contribution in [2.75, 3.05) is 39.0 Å². The normalized spacial score (nSPS) is 14.2. The summed E-state index contributed by atoms with van der Waals surface area (Å²) in [4.78, 5) is 27.1. The van der Waals surface area contributed by atoms with Gasteiger partial charge in [0.15, 0.2) is 0 Å². The number of likely N-dealkylation sites (N-methyl/N-ethyl adjacent to an activating group) is 1. The second-order valence-electron chi connectivity index (χ2n) is 5.22. The molecular formula is C15H21N3O2. The summed E-state index contributed by atoms with van der Waals surface area (Å²) in [6.45, 7) is 1.97. The summed E-state index contributed by atoms with van der Waals surface area (Å²) in [5, 5.41) is 3.05. The van der Waals surface area contributed by atoms with Gasteiger partial charge in [0.1, 0.15) is 0 Å². The molecule has 1 N–H and O–H groups in total. The predicted molar refractivity (Wildman–Crippen MR) is 78.8 cm³/mol. The van der Waals surface area contributed by atoms with E-state index in [9.17, 15) is 9.59 Å². The smallest absolute Gasteiger partial charge is 0.253 e. The number of hydrogen-bond donors (Lipinski definition) is 1. The van der Waals surface area contributed by atoms with E-state index in [1.165, 1.54) is 4.90 Å². The summed E-state index contributed by atoms with van der Waals surface area (Å²) in [5.74, 6) is 0.112. The molecule has 108 valence electrons. The van der Waals surface area contributed by atoms with Crippen molar-refractivity contribution in [3.05, 3.63) is 29.8 Å². The second-order valence-corrected chi connectivity index (χ2v) is 5.22. The Morgan fingerprint density at radius 2 is 1.75 bits per heavy atom. The highest BCUT2D eigenvalue weighted by atomic mass is 16.2. The third-order valence-corrected chi connectivity index (χ3v) is 3.47. The molecule has 20 heavy (non-hydrogen) atoms. The quantitative estimate of drug-likeness (QED) is 0.904. The van der Waals surface area contributed by atoms with Crippen molar-refractivity contribution in [3.63, 3.8) is 0 Å². The number of rotatable bonds is 4. The average Bonchev–Trinajstić information content (AvgIpc) is 2.98. The van der Waals surface area contributed by atoms with Gasteiger partial charge in [-0.05, 0) is 37.1 Å². The van der Waals surface area contributed by atoms with Gasteiger partial charge in [0.05, 0.1) is 6.54 Å². The van der Waals surface area contributed by atoms with Crippen molar-refractivity contribution in [1.82, 2.24) is 9.80 Å². The van der Waals surface area contributed by atoms with Gasteiger partial charge < -0.3 is 15.1 Å². The maximum atomic E-state index is 12.2. The van der Waals surface area contributed by atoms with Gasteiger partial charge in [-0.2, -0.15) is 0 Å². The summed E-state index contributed by atoms with van der Waals surface area (Å²) >= 11 is 0. The minimum Gasteiger partial charge on any atom is -0.376 e. The van der Waals surface area contributed by atoms with Crippen LogP contribution in [0.25, 0.3) is 0 Å². The number of nitrogens with zero attached hydrogens (tertiary/aromatic N) is 2. The Bertz CT molecular complexity index is 476. The fraction of sp³-hybridized carbons (Fsp3) is 0.467. The molecule has 1 saturated heterocycles. The number of likely N-dealkylation sites (tertiary alicyclic amines) is 1. The standard InChI is InChI=1S/C15H21N3O2/c1-17(2)14(19)11-16-13-7-5-12(6-8-13)15(20)18-9-3-4-10-18/h5-8,16H,3-4,9-11H2,1-2H3. The molecule has 0 radical (unpaired) electrons. The lowest BCUT2D eigenvalue weighted by molar-refractivity contribution is -0.126. The highest BCUT2D eigenvalue weighted by Gasteiger charge is 2.19. The molecule has 0 aliphatic carbocycles. The van der Waals surface area contributed by atoms with Crippen LogP contribution in [0.3, 0.4) is 0 Å². The second kappa shape index (κ2) is 6.41. The van der Waals surface area contributed by atoms with Gasteiger partial charge in [0.2, 0.25) is 5.91 Å². The van der Waals surface area contributed by atoms with Crippen LogP contribution in [0.15, 0.2) is 24.3 Å². The molecule has 0 saturated carbocycles. The van der Waals surface area contributed by atoms with Gasteiger partial charge in [-0.3, -0.25) is 9.59 Å². The Balaban J connectivity index is 1.92. The van der Waals surface area contributed by atoms with E-state index in [1.807, 2.05) is 29.2 Å². The van der Waals surface area contributed by atoms with E-state index in [1.54, 1.807) is 14.1 Å². The van der Waals surface area contributed by atoms with Crippen LogP contribution in [0.1, 0.15) is 23.2 Å². The minimum atomic E-state index is 0.0159. The van der Waals surface area contributed by atoms with E-state index in [2.05, 4.69) is 5.32 Å². The third kappa shape index (κ3) is 3.50. The van der Waals surface area contributed by atoms with Gasteiger partial charge in [0.25, 0.3) is 5.91 Å². The molecule has 1 aliphatic rings. The molecule has 0 spiro atoms. The molecule has 1 aromatic carbocycles. The Labute approximate surface area is 119 Å². The SMILES string of the molecule is CN(C)C(=O)CNc1ccc(C(=O)N2CCCC2)cc1. The van der Waals surface area contributed by atoms with Crippen molar-refractivity contribution in [2.24, 2.45) is 0 Å². The monoisotopic (exact) mass is 275 g/mol. The van der Waals surface area contributed by atoms with E-state index in [4.69, 9.17) is 0 Å². The first-order valence-corrected chi connectivity index (χ1v) is 6.91. The van der Waals surface area contributed by atoms with Gasteiger partial charge in [-0.15, -0.1) is 0 Å². The average molecular weight is 275 g/mol. The Hall–Kier alpha value is -2.04. The maximum absolute atomic E-state index is 12.2. The Morgan fingerprint density at radius 3 is 2.30 bits per heavy atom. The molecule has 2 amide bonds. The van der Waals surface area contributed by atoms with Crippen molar-refractivity contribution in [1.29, 1.82) is 0 Å². The minimum absolute atomic E-state index is 0.0159. The number of carbonyl (C=O) groups is 2. The van der Waals surface area contributed by atoms with Crippen LogP contribution in [-0.2, 0) is 4.79 Å². The lowest BCUT2D eigenvalue weighted by Gasteiger charge is -2.15. The lowest BCUT2D eigenvalue weighted by atomic mass is 10.2. The zero-order valence-corrected chi connectivity index (χ0v) is 12.1. The molecule has 0 unspecified atom stereocenters. The molecule has 1 heterocycles. The molecule has 2 rings (SSSR count). The number of nitrogens with one attached hydrogen (secondary N) is 1. The Morgan fingerprint density at radius 1 is 1.15 bits per heavy atom. The zero-order chi connectivity index (χ0) is 14.5.